The maximum atomic E-state index is 2.42. The van der Waals surface area contributed by atoms with Gasteiger partial charge in [-0.25, -0.2) is 0 Å². The van der Waals surface area contributed by atoms with E-state index in [9.17, 15) is 0 Å². The Morgan fingerprint density at radius 2 is 0.518 bits per heavy atom. The monoisotopic (exact) mass is 718 g/mol. The highest BCUT2D eigenvalue weighted by Gasteiger charge is 2.23. The Kier molecular flexibility index (Phi) is 8.85. The number of hydrogen-bond donors (Lipinski definition) is 0. The first-order chi connectivity index (χ1) is 27.7. The average Bonchev–Trinajstić information content (AvgIpc) is 3.55. The van der Waals surface area contributed by atoms with Crippen molar-refractivity contribution in [1.29, 1.82) is 0 Å². The molecule has 2 nitrogen and oxygen atoms in total. The second-order valence-corrected chi connectivity index (χ2v) is 14.9. The number of aryl methyl sites for hydroxylation is 4. The zero-order chi connectivity index (χ0) is 37.3. The van der Waals surface area contributed by atoms with Gasteiger partial charge in [-0.3, -0.25) is 0 Å². The van der Waals surface area contributed by atoms with E-state index in [1.54, 1.807) is 0 Å². The number of hydrogen-bond acceptors (Lipinski definition) is 2. The first-order valence-electron chi connectivity index (χ1n) is 19.8. The van der Waals surface area contributed by atoms with Crippen LogP contribution in [0.2, 0.25) is 0 Å². The number of para-hydroxylation sites is 4. The zero-order valence-corrected chi connectivity index (χ0v) is 31.4. The molecule has 0 aromatic heterocycles. The Morgan fingerprint density at radius 3 is 0.804 bits per heavy atom. The zero-order valence-electron chi connectivity index (χ0n) is 31.4. The van der Waals surface area contributed by atoms with Crippen molar-refractivity contribution in [2.75, 3.05) is 9.80 Å². The predicted octanol–water partition coefficient (Wildman–Crippen LogP) is 14.3. The second kappa shape index (κ2) is 14.7. The highest BCUT2D eigenvalue weighted by molar-refractivity contribution is 5.84. The van der Waals surface area contributed by atoms with E-state index in [2.05, 4.69) is 216 Å². The first-order valence-corrected chi connectivity index (χ1v) is 19.8. The summed E-state index contributed by atoms with van der Waals surface area (Å²) in [5.74, 6) is 0. The van der Waals surface area contributed by atoms with Gasteiger partial charge < -0.3 is 9.80 Å². The molecule has 0 unspecified atom stereocenters. The number of rotatable bonds is 6. The molecular weight excluding hydrogens is 677 g/mol. The fraction of sp³-hybridized carbons (Fsp3) is 0.0741. The Morgan fingerprint density at radius 1 is 0.268 bits per heavy atom. The van der Waals surface area contributed by atoms with Crippen LogP contribution in [0.5, 0.6) is 0 Å². The van der Waals surface area contributed by atoms with Gasteiger partial charge in [0.2, 0.25) is 0 Å². The lowest BCUT2D eigenvalue weighted by Crippen LogP contribution is -2.11. The first kappa shape index (κ1) is 33.7. The van der Waals surface area contributed by atoms with Crippen LogP contribution in [-0.2, 0) is 25.7 Å². The molecule has 0 N–H and O–H groups in total. The molecule has 0 saturated heterocycles. The van der Waals surface area contributed by atoms with E-state index >= 15 is 0 Å². The van der Waals surface area contributed by atoms with E-state index in [0.717, 1.165) is 25.7 Å². The highest BCUT2D eigenvalue weighted by Crippen LogP contribution is 2.43. The topological polar surface area (TPSA) is 6.48 Å². The molecule has 0 aliphatic carbocycles. The molecule has 2 aliphatic heterocycles. The molecule has 10 rings (SSSR count). The molecule has 0 bridgehead atoms. The summed E-state index contributed by atoms with van der Waals surface area (Å²) in [6.07, 6.45) is 8.59. The largest absolute Gasteiger partial charge is 0.310 e. The van der Waals surface area contributed by atoms with Crippen molar-refractivity contribution >= 4 is 46.3 Å². The van der Waals surface area contributed by atoms with Crippen LogP contribution in [0.25, 0.3) is 34.4 Å². The molecule has 8 aromatic rings. The van der Waals surface area contributed by atoms with Gasteiger partial charge >= 0.3 is 0 Å². The molecule has 0 amide bonds. The van der Waals surface area contributed by atoms with Crippen LogP contribution >= 0.6 is 0 Å². The molecule has 0 fully saturated rings. The summed E-state index contributed by atoms with van der Waals surface area (Å²) in [6.45, 7) is 0. The van der Waals surface area contributed by atoms with Crippen LogP contribution in [0.1, 0.15) is 33.4 Å². The van der Waals surface area contributed by atoms with Gasteiger partial charge in [0, 0.05) is 34.1 Å². The van der Waals surface area contributed by atoms with Gasteiger partial charge in [-0.1, -0.05) is 158 Å². The lowest BCUT2D eigenvalue weighted by molar-refractivity contribution is 0.977. The van der Waals surface area contributed by atoms with Crippen molar-refractivity contribution in [1.82, 2.24) is 0 Å². The van der Waals surface area contributed by atoms with Gasteiger partial charge in [0.25, 0.3) is 0 Å². The summed E-state index contributed by atoms with van der Waals surface area (Å²) < 4.78 is 0. The van der Waals surface area contributed by atoms with Gasteiger partial charge in [-0.2, -0.15) is 0 Å². The van der Waals surface area contributed by atoms with Crippen molar-refractivity contribution in [3.63, 3.8) is 0 Å². The number of fused-ring (bicyclic) bond motifs is 4. The Balaban J connectivity index is 0.831. The van der Waals surface area contributed by atoms with Crippen LogP contribution in [0.4, 0.5) is 34.1 Å². The lowest BCUT2D eigenvalue weighted by Gasteiger charge is -2.27. The van der Waals surface area contributed by atoms with Crippen molar-refractivity contribution < 1.29 is 0 Å². The fourth-order valence-corrected chi connectivity index (χ4v) is 8.49. The van der Waals surface area contributed by atoms with Crippen molar-refractivity contribution in [3.8, 4) is 22.3 Å². The molecule has 0 spiro atoms. The Bertz CT molecular complexity index is 2390. The average molecular weight is 719 g/mol. The summed E-state index contributed by atoms with van der Waals surface area (Å²) in [5, 5.41) is 0. The van der Waals surface area contributed by atoms with Crippen molar-refractivity contribution in [3.05, 3.63) is 228 Å². The minimum Gasteiger partial charge on any atom is -0.310 e. The van der Waals surface area contributed by atoms with Gasteiger partial charge in [0.1, 0.15) is 0 Å². The van der Waals surface area contributed by atoms with E-state index in [1.165, 1.54) is 89.8 Å². The van der Waals surface area contributed by atoms with Crippen LogP contribution < -0.4 is 9.80 Å². The smallest absolute Gasteiger partial charge is 0.0493 e. The molecule has 268 valence electrons. The van der Waals surface area contributed by atoms with E-state index in [0.29, 0.717) is 0 Å². The molecule has 2 heteroatoms. The van der Waals surface area contributed by atoms with Gasteiger partial charge in [0.15, 0.2) is 0 Å². The minimum absolute atomic E-state index is 1.05. The second-order valence-electron chi connectivity index (χ2n) is 14.9. The number of benzene rings is 8. The third-order valence-electron chi connectivity index (χ3n) is 11.5. The van der Waals surface area contributed by atoms with Crippen molar-refractivity contribution in [2.24, 2.45) is 0 Å². The SMILES string of the molecule is C(=Cc1ccc(-c2ccc(N3c4ccccc4CCc4ccccc43)cc2)cc1)c1ccc(-c2ccc(N3c4ccccc4CCc4ccccc43)cc2)cc1. The van der Waals surface area contributed by atoms with Gasteiger partial charge in [0.05, 0.1) is 0 Å². The van der Waals surface area contributed by atoms with Crippen LogP contribution in [0.15, 0.2) is 194 Å². The summed E-state index contributed by atoms with van der Waals surface area (Å²) >= 11 is 0. The quantitative estimate of drug-likeness (QED) is 0.158. The van der Waals surface area contributed by atoms with Crippen LogP contribution in [-0.4, -0.2) is 0 Å². The lowest BCUT2D eigenvalue weighted by atomic mass is 10.0. The molecule has 2 aliphatic rings. The maximum Gasteiger partial charge on any atom is 0.0493 e. The third kappa shape index (κ3) is 6.50. The predicted molar refractivity (Wildman–Crippen MR) is 237 cm³/mol. The number of nitrogens with zero attached hydrogens (tertiary/aromatic N) is 2. The maximum absolute atomic E-state index is 2.42. The molecule has 0 atom stereocenters. The Labute approximate surface area is 330 Å². The van der Waals surface area contributed by atoms with Crippen molar-refractivity contribution in [2.45, 2.75) is 25.7 Å². The third-order valence-corrected chi connectivity index (χ3v) is 11.5. The molecule has 56 heavy (non-hydrogen) atoms. The van der Waals surface area contributed by atoms with Crippen LogP contribution in [0.3, 0.4) is 0 Å². The number of anilines is 6. The van der Waals surface area contributed by atoms with E-state index in [-0.39, 0.29) is 0 Å². The van der Waals surface area contributed by atoms with E-state index in [4.69, 9.17) is 0 Å². The summed E-state index contributed by atoms with van der Waals surface area (Å²) in [4.78, 5) is 4.85. The highest BCUT2D eigenvalue weighted by atomic mass is 15.2. The molecule has 0 saturated carbocycles. The summed E-state index contributed by atoms with van der Waals surface area (Å²) in [5.41, 5.74) is 20.2. The van der Waals surface area contributed by atoms with Gasteiger partial charge in [-0.15, -0.1) is 0 Å². The van der Waals surface area contributed by atoms with Gasteiger partial charge in [-0.05, 0) is 130 Å². The summed E-state index contributed by atoms with van der Waals surface area (Å²) in [6, 6.07) is 71.0. The molecule has 2 heterocycles. The fourth-order valence-electron chi connectivity index (χ4n) is 8.49. The van der Waals surface area contributed by atoms with E-state index < -0.39 is 0 Å². The van der Waals surface area contributed by atoms with Crippen LogP contribution in [0, 0.1) is 0 Å². The Hall–Kier alpha value is -6.90. The molecular formula is C54H42N2. The molecule has 8 aromatic carbocycles. The molecule has 0 radical (unpaired) electrons. The van der Waals surface area contributed by atoms with E-state index in [1.807, 2.05) is 0 Å². The normalized spacial score (nSPS) is 13.3. The minimum atomic E-state index is 1.05. The summed E-state index contributed by atoms with van der Waals surface area (Å²) in [7, 11) is 0. The standard InChI is InChI=1S/C54H42N2/c1-5-13-51-45(9-1)27-28-46-10-2-6-14-52(46)55(51)49-35-31-43(32-36-49)41-23-19-39(20-24-41)17-18-40-21-25-42(26-22-40)44-33-37-50(38-34-44)56-53-15-7-3-11-47(53)29-30-48-12-4-8-16-54(48)56/h1-26,31-38H,27-30H2.